The van der Waals surface area contributed by atoms with Gasteiger partial charge < -0.3 is 4.74 Å². The second-order valence-corrected chi connectivity index (χ2v) is 5.41. The molecule has 3 nitrogen and oxygen atoms in total. The average molecular weight is 267 g/mol. The van der Waals surface area contributed by atoms with E-state index in [1.54, 1.807) is 0 Å². The zero-order valence-electron chi connectivity index (χ0n) is 11.2. The summed E-state index contributed by atoms with van der Waals surface area (Å²) >= 11 is 0. The Bertz CT molecular complexity index is 599. The number of para-hydroxylation sites is 1. The highest BCUT2D eigenvalue weighted by molar-refractivity contribution is 5.38. The number of hydrogen-bond donors (Lipinski definition) is 0. The molecule has 0 spiro atoms. The predicted octanol–water partition coefficient (Wildman–Crippen LogP) is 3.18. The van der Waals surface area contributed by atoms with E-state index < -0.39 is 0 Å². The summed E-state index contributed by atoms with van der Waals surface area (Å²) in [6.45, 7) is 2.30. The molecule has 0 saturated carbocycles. The van der Waals surface area contributed by atoms with E-state index in [2.05, 4.69) is 41.5 Å². The molecule has 2 aromatic rings. The van der Waals surface area contributed by atoms with Crippen LogP contribution in [0.1, 0.15) is 17.2 Å². The molecule has 1 saturated heterocycles. The summed E-state index contributed by atoms with van der Waals surface area (Å²) in [5.74, 6) is 1.42. The van der Waals surface area contributed by atoms with Crippen LogP contribution in [0.4, 0.5) is 0 Å². The fraction of sp³-hybridized carbons (Fsp3) is 0.294. The van der Waals surface area contributed by atoms with Crippen molar-refractivity contribution in [3.8, 4) is 5.75 Å². The lowest BCUT2D eigenvalue weighted by atomic mass is 9.92. The normalized spacial score (nSPS) is 24.8. The Labute approximate surface area is 118 Å². The minimum atomic E-state index is 0.306. The Morgan fingerprint density at radius 2 is 1.75 bits per heavy atom. The molecule has 0 amide bonds. The van der Waals surface area contributed by atoms with Gasteiger partial charge in [-0.15, -0.1) is 0 Å². The number of hydrogen-bond acceptors (Lipinski definition) is 3. The van der Waals surface area contributed by atoms with Gasteiger partial charge in [0.1, 0.15) is 5.75 Å². The molecular weight excluding hydrogens is 250 g/mol. The van der Waals surface area contributed by atoms with Crippen LogP contribution in [-0.4, -0.2) is 18.3 Å². The number of rotatable bonds is 2. The first-order valence-electron chi connectivity index (χ1n) is 7.07. The molecule has 1 fully saturated rings. The number of nitrogens with zero attached hydrogens (tertiary/aromatic N) is 1. The van der Waals surface area contributed by atoms with Crippen LogP contribution < -0.4 is 4.74 Å². The highest BCUT2D eigenvalue weighted by Gasteiger charge is 2.41. The Morgan fingerprint density at radius 1 is 0.950 bits per heavy atom. The Balaban J connectivity index is 1.64. The lowest BCUT2D eigenvalue weighted by Crippen LogP contribution is -2.30. The summed E-state index contributed by atoms with van der Waals surface area (Å²) in [7, 11) is 0. The van der Waals surface area contributed by atoms with E-state index in [9.17, 15) is 0 Å². The van der Waals surface area contributed by atoms with Crippen molar-refractivity contribution >= 4 is 0 Å². The second kappa shape index (κ2) is 4.93. The smallest absolute Gasteiger partial charge is 0.124 e. The van der Waals surface area contributed by atoms with Crippen LogP contribution in [0.5, 0.6) is 5.75 Å². The van der Waals surface area contributed by atoms with Crippen molar-refractivity contribution in [1.82, 2.24) is 5.06 Å². The zero-order valence-corrected chi connectivity index (χ0v) is 11.2. The molecule has 2 aliphatic rings. The van der Waals surface area contributed by atoms with Crippen LogP contribution in [0.15, 0.2) is 54.6 Å². The quantitative estimate of drug-likeness (QED) is 0.834. The predicted molar refractivity (Wildman–Crippen MR) is 76.1 cm³/mol. The van der Waals surface area contributed by atoms with E-state index in [-0.39, 0.29) is 0 Å². The number of hydroxylamine groups is 2. The Morgan fingerprint density at radius 3 is 2.65 bits per heavy atom. The van der Waals surface area contributed by atoms with E-state index in [1.807, 2.05) is 18.2 Å². The standard InChI is InChI=1S/C17H17NO2/c1-2-6-13(7-3-1)10-18-17-14(12-20-18)11-19-16-9-5-4-8-15(16)17/h1-9,14,17H,10-12H2/t14-,17+/m1/s1. The van der Waals surface area contributed by atoms with Gasteiger partial charge in [0.05, 0.1) is 19.3 Å². The van der Waals surface area contributed by atoms with Crippen molar-refractivity contribution in [2.24, 2.45) is 5.92 Å². The van der Waals surface area contributed by atoms with Crippen molar-refractivity contribution < 1.29 is 9.57 Å². The van der Waals surface area contributed by atoms with Crippen molar-refractivity contribution in [1.29, 1.82) is 0 Å². The molecule has 0 aliphatic carbocycles. The summed E-state index contributed by atoms with van der Waals surface area (Å²) in [5.41, 5.74) is 2.52. The van der Waals surface area contributed by atoms with Crippen molar-refractivity contribution in [2.75, 3.05) is 13.2 Å². The molecule has 0 aromatic heterocycles. The first-order valence-corrected chi connectivity index (χ1v) is 7.07. The molecule has 20 heavy (non-hydrogen) atoms. The van der Waals surface area contributed by atoms with Gasteiger partial charge in [0.15, 0.2) is 0 Å². The molecule has 2 heterocycles. The minimum absolute atomic E-state index is 0.306. The highest BCUT2D eigenvalue weighted by atomic mass is 16.7. The lowest BCUT2D eigenvalue weighted by molar-refractivity contribution is -0.141. The summed E-state index contributed by atoms with van der Waals surface area (Å²) in [6.07, 6.45) is 0. The summed E-state index contributed by atoms with van der Waals surface area (Å²) < 4.78 is 5.83. The van der Waals surface area contributed by atoms with E-state index in [0.717, 1.165) is 25.5 Å². The summed E-state index contributed by atoms with van der Waals surface area (Å²) in [6, 6.07) is 19.1. The average Bonchev–Trinajstić information content (AvgIpc) is 2.92. The van der Waals surface area contributed by atoms with Gasteiger partial charge in [-0.25, -0.2) is 0 Å². The van der Waals surface area contributed by atoms with Gasteiger partial charge in [-0.05, 0) is 11.6 Å². The second-order valence-electron chi connectivity index (χ2n) is 5.41. The van der Waals surface area contributed by atoms with Gasteiger partial charge in [-0.1, -0.05) is 48.5 Å². The van der Waals surface area contributed by atoms with Crippen LogP contribution in [-0.2, 0) is 11.4 Å². The van der Waals surface area contributed by atoms with Crippen molar-refractivity contribution in [3.05, 3.63) is 65.7 Å². The van der Waals surface area contributed by atoms with Crippen molar-refractivity contribution in [3.63, 3.8) is 0 Å². The van der Waals surface area contributed by atoms with Crippen LogP contribution in [0.25, 0.3) is 0 Å². The lowest BCUT2D eigenvalue weighted by Gasteiger charge is -2.31. The van der Waals surface area contributed by atoms with Gasteiger partial charge in [0.2, 0.25) is 0 Å². The molecule has 2 atom stereocenters. The molecule has 2 aromatic carbocycles. The topological polar surface area (TPSA) is 21.7 Å². The van der Waals surface area contributed by atoms with Crippen LogP contribution in [0.2, 0.25) is 0 Å². The molecule has 2 aliphatic heterocycles. The maximum Gasteiger partial charge on any atom is 0.124 e. The van der Waals surface area contributed by atoms with Gasteiger partial charge in [0, 0.05) is 18.0 Å². The third-order valence-corrected chi connectivity index (χ3v) is 4.08. The number of ether oxygens (including phenoxy) is 1. The fourth-order valence-electron chi connectivity index (χ4n) is 3.11. The Kier molecular flexibility index (Phi) is 2.94. The summed E-state index contributed by atoms with van der Waals surface area (Å²) in [4.78, 5) is 5.91. The first-order chi connectivity index (χ1) is 9.92. The van der Waals surface area contributed by atoms with Crippen LogP contribution in [0, 0.1) is 5.92 Å². The van der Waals surface area contributed by atoms with Crippen molar-refractivity contribution in [2.45, 2.75) is 12.6 Å². The number of fused-ring (bicyclic) bond motifs is 3. The van der Waals surface area contributed by atoms with Gasteiger partial charge in [-0.2, -0.15) is 5.06 Å². The maximum atomic E-state index is 5.91. The monoisotopic (exact) mass is 267 g/mol. The van der Waals surface area contributed by atoms with E-state index in [0.29, 0.717) is 12.0 Å². The molecule has 3 heteroatoms. The molecule has 0 radical (unpaired) electrons. The van der Waals surface area contributed by atoms with Crippen LogP contribution in [0.3, 0.4) is 0 Å². The van der Waals surface area contributed by atoms with Crippen LogP contribution >= 0.6 is 0 Å². The largest absolute Gasteiger partial charge is 0.493 e. The SMILES string of the molecule is c1ccc(CN2OC[C@H]3COc4ccccc4[C@H]32)cc1. The molecule has 0 N–H and O–H groups in total. The van der Waals surface area contributed by atoms with Gasteiger partial charge in [-0.3, -0.25) is 4.84 Å². The van der Waals surface area contributed by atoms with E-state index >= 15 is 0 Å². The molecule has 102 valence electrons. The third-order valence-electron chi connectivity index (χ3n) is 4.08. The molecule has 0 bridgehead atoms. The molecule has 4 rings (SSSR count). The minimum Gasteiger partial charge on any atom is -0.493 e. The zero-order chi connectivity index (χ0) is 13.4. The third kappa shape index (κ3) is 1.99. The van der Waals surface area contributed by atoms with E-state index in [1.165, 1.54) is 11.1 Å². The maximum absolute atomic E-state index is 5.91. The number of benzene rings is 2. The van der Waals surface area contributed by atoms with E-state index in [4.69, 9.17) is 9.57 Å². The molecule has 0 unspecified atom stereocenters. The first kappa shape index (κ1) is 11.9. The van der Waals surface area contributed by atoms with Gasteiger partial charge in [0.25, 0.3) is 0 Å². The summed E-state index contributed by atoms with van der Waals surface area (Å²) in [5, 5.41) is 2.11. The van der Waals surface area contributed by atoms with Gasteiger partial charge >= 0.3 is 0 Å². The Hall–Kier alpha value is -1.84. The highest BCUT2D eigenvalue weighted by Crippen LogP contribution is 2.43. The molecular formula is C17H17NO2. The fourth-order valence-corrected chi connectivity index (χ4v) is 3.11.